The van der Waals surface area contributed by atoms with E-state index in [2.05, 4.69) is 15.5 Å². The number of hydrogen-bond acceptors (Lipinski definition) is 4. The molecule has 1 aliphatic heterocycles. The molecule has 1 atom stereocenters. The van der Waals surface area contributed by atoms with Crippen LogP contribution in [-0.4, -0.2) is 42.0 Å². The predicted octanol–water partition coefficient (Wildman–Crippen LogP) is 1.10. The molecule has 0 unspecified atom stereocenters. The topological polar surface area (TPSA) is 76.2 Å². The molecule has 2 N–H and O–H groups in total. The maximum Gasteiger partial charge on any atom is 0.246 e. The Hall–Kier alpha value is -1.40. The van der Waals surface area contributed by atoms with E-state index >= 15 is 0 Å². The van der Waals surface area contributed by atoms with Crippen molar-refractivity contribution in [2.24, 2.45) is 0 Å². The van der Waals surface area contributed by atoms with Gasteiger partial charge >= 0.3 is 0 Å². The maximum absolute atomic E-state index is 11.8. The number of carbonyl (C=O) groups is 1. The second-order valence-electron chi connectivity index (χ2n) is 5.76. The number of aromatic nitrogens is 2. The predicted molar refractivity (Wildman–Crippen MR) is 76.9 cm³/mol. The Morgan fingerprint density at radius 2 is 2.33 bits per heavy atom. The van der Waals surface area contributed by atoms with Gasteiger partial charge in [-0.1, -0.05) is 0 Å². The quantitative estimate of drug-likeness (QED) is 0.823. The number of fused-ring (bicyclic) bond motifs is 1. The van der Waals surface area contributed by atoms with Gasteiger partial charge < -0.3 is 14.8 Å². The van der Waals surface area contributed by atoms with Crippen molar-refractivity contribution in [2.75, 3.05) is 19.8 Å². The fourth-order valence-corrected chi connectivity index (χ4v) is 2.99. The van der Waals surface area contributed by atoms with Crippen molar-refractivity contribution in [2.45, 2.75) is 51.2 Å². The Morgan fingerprint density at radius 3 is 3.19 bits per heavy atom. The van der Waals surface area contributed by atoms with Gasteiger partial charge in [-0.25, -0.2) is 0 Å². The molecule has 3 rings (SSSR count). The molecule has 116 valence electrons. The summed E-state index contributed by atoms with van der Waals surface area (Å²) in [4.78, 5) is 11.8. The molecule has 6 heteroatoms. The smallest absolute Gasteiger partial charge is 0.246 e. The van der Waals surface area contributed by atoms with Crippen molar-refractivity contribution in [1.29, 1.82) is 0 Å². The summed E-state index contributed by atoms with van der Waals surface area (Å²) < 4.78 is 11.0. The van der Waals surface area contributed by atoms with E-state index < -0.39 is 0 Å². The largest absolute Gasteiger partial charge is 0.376 e. The van der Waals surface area contributed by atoms with Crippen LogP contribution >= 0.6 is 0 Å². The standard InChI is InChI=1S/C15H23N3O3/c19-15(10-20-9-11-4-1-2-7-21-11)16-8-14-12-5-3-6-13(12)17-18-14/h11H,1-10H2,(H,16,19)(H,17,18)/t11-/m0/s1. The molecular formula is C15H23N3O3. The van der Waals surface area contributed by atoms with Crippen LogP contribution < -0.4 is 5.32 Å². The van der Waals surface area contributed by atoms with Crippen molar-refractivity contribution in [3.8, 4) is 0 Å². The molecule has 1 aromatic heterocycles. The molecular weight excluding hydrogens is 270 g/mol. The molecule has 2 aliphatic rings. The van der Waals surface area contributed by atoms with Gasteiger partial charge in [-0.2, -0.15) is 5.10 Å². The van der Waals surface area contributed by atoms with Crippen LogP contribution in [0.25, 0.3) is 0 Å². The molecule has 1 saturated heterocycles. The van der Waals surface area contributed by atoms with E-state index in [0.717, 1.165) is 38.0 Å². The van der Waals surface area contributed by atoms with Gasteiger partial charge in [0.1, 0.15) is 6.61 Å². The first-order valence-electron chi connectivity index (χ1n) is 7.84. The molecule has 1 amide bonds. The Bertz CT molecular complexity index is 481. The van der Waals surface area contributed by atoms with E-state index in [-0.39, 0.29) is 18.6 Å². The third kappa shape index (κ3) is 3.83. The minimum atomic E-state index is -0.0967. The summed E-state index contributed by atoms with van der Waals surface area (Å²) in [6, 6.07) is 0. The number of amides is 1. The fourth-order valence-electron chi connectivity index (χ4n) is 2.99. The number of rotatable bonds is 6. The average molecular weight is 293 g/mol. The SMILES string of the molecule is O=C(COC[C@@H]1CCCCO1)NCc1n[nH]c2c1CCC2. The summed E-state index contributed by atoms with van der Waals surface area (Å²) in [6.07, 6.45) is 6.81. The van der Waals surface area contributed by atoms with Crippen LogP contribution in [-0.2, 0) is 33.7 Å². The number of nitrogens with one attached hydrogen (secondary N) is 2. The number of H-pyrrole nitrogens is 1. The average Bonchev–Trinajstić information content (AvgIpc) is 3.10. The van der Waals surface area contributed by atoms with Crippen molar-refractivity contribution < 1.29 is 14.3 Å². The maximum atomic E-state index is 11.8. The highest BCUT2D eigenvalue weighted by molar-refractivity contribution is 5.77. The number of aryl methyl sites for hydroxylation is 1. The molecule has 1 fully saturated rings. The highest BCUT2D eigenvalue weighted by Crippen LogP contribution is 2.22. The normalized spacial score (nSPS) is 21.2. The highest BCUT2D eigenvalue weighted by atomic mass is 16.5. The highest BCUT2D eigenvalue weighted by Gasteiger charge is 2.18. The second kappa shape index (κ2) is 7.04. The van der Waals surface area contributed by atoms with Gasteiger partial charge in [0.25, 0.3) is 0 Å². The minimum absolute atomic E-state index is 0.0898. The second-order valence-corrected chi connectivity index (χ2v) is 5.76. The van der Waals surface area contributed by atoms with Crippen molar-refractivity contribution in [1.82, 2.24) is 15.5 Å². The Kier molecular flexibility index (Phi) is 4.87. The Balaban J connectivity index is 1.34. The number of ether oxygens (including phenoxy) is 2. The molecule has 0 radical (unpaired) electrons. The number of hydrogen-bond donors (Lipinski definition) is 2. The van der Waals surface area contributed by atoms with Gasteiger partial charge in [0.2, 0.25) is 5.91 Å². The molecule has 1 aliphatic carbocycles. The van der Waals surface area contributed by atoms with Gasteiger partial charge in [-0.15, -0.1) is 0 Å². The van der Waals surface area contributed by atoms with E-state index in [0.29, 0.717) is 13.2 Å². The van der Waals surface area contributed by atoms with Crippen LogP contribution in [0.2, 0.25) is 0 Å². The van der Waals surface area contributed by atoms with E-state index in [1.54, 1.807) is 0 Å². The molecule has 21 heavy (non-hydrogen) atoms. The van der Waals surface area contributed by atoms with Crippen molar-refractivity contribution >= 4 is 5.91 Å². The summed E-state index contributed by atoms with van der Waals surface area (Å²) in [6.45, 7) is 1.89. The van der Waals surface area contributed by atoms with Crippen molar-refractivity contribution in [3.63, 3.8) is 0 Å². The molecule has 0 saturated carbocycles. The van der Waals surface area contributed by atoms with Crippen LogP contribution in [0.15, 0.2) is 0 Å². The van der Waals surface area contributed by atoms with Gasteiger partial charge in [-0.05, 0) is 44.1 Å². The molecule has 0 aromatic carbocycles. The van der Waals surface area contributed by atoms with E-state index in [4.69, 9.17) is 9.47 Å². The summed E-state index contributed by atoms with van der Waals surface area (Å²) >= 11 is 0. The third-order valence-corrected chi connectivity index (χ3v) is 4.16. The van der Waals surface area contributed by atoms with E-state index in [9.17, 15) is 4.79 Å². The van der Waals surface area contributed by atoms with Crippen LogP contribution in [0.4, 0.5) is 0 Å². The third-order valence-electron chi connectivity index (χ3n) is 4.16. The lowest BCUT2D eigenvalue weighted by atomic mass is 10.1. The van der Waals surface area contributed by atoms with Crippen LogP contribution in [0.3, 0.4) is 0 Å². The lowest BCUT2D eigenvalue weighted by molar-refractivity contribution is -0.128. The van der Waals surface area contributed by atoms with Crippen LogP contribution in [0.1, 0.15) is 42.6 Å². The molecule has 0 bridgehead atoms. The monoisotopic (exact) mass is 293 g/mol. The van der Waals surface area contributed by atoms with Crippen LogP contribution in [0.5, 0.6) is 0 Å². The van der Waals surface area contributed by atoms with E-state index in [1.807, 2.05) is 0 Å². The first-order valence-corrected chi connectivity index (χ1v) is 7.84. The molecule has 2 heterocycles. The summed E-state index contributed by atoms with van der Waals surface area (Å²) in [5, 5.41) is 10.2. The zero-order chi connectivity index (χ0) is 14.5. The van der Waals surface area contributed by atoms with Gasteiger partial charge in [0.15, 0.2) is 0 Å². The summed E-state index contributed by atoms with van der Waals surface area (Å²) in [7, 11) is 0. The number of nitrogens with zero attached hydrogens (tertiary/aromatic N) is 1. The molecule has 1 aromatic rings. The molecule has 0 spiro atoms. The van der Waals surface area contributed by atoms with Gasteiger partial charge in [0, 0.05) is 12.3 Å². The fraction of sp³-hybridized carbons (Fsp3) is 0.733. The zero-order valence-corrected chi connectivity index (χ0v) is 12.3. The lowest BCUT2D eigenvalue weighted by Gasteiger charge is -2.22. The van der Waals surface area contributed by atoms with Crippen LogP contribution in [0, 0.1) is 0 Å². The molecule has 6 nitrogen and oxygen atoms in total. The van der Waals surface area contributed by atoms with E-state index in [1.165, 1.54) is 24.1 Å². The van der Waals surface area contributed by atoms with Gasteiger partial charge in [-0.3, -0.25) is 9.89 Å². The lowest BCUT2D eigenvalue weighted by Crippen LogP contribution is -2.30. The minimum Gasteiger partial charge on any atom is -0.376 e. The number of carbonyl (C=O) groups excluding carboxylic acids is 1. The Labute approximate surface area is 124 Å². The van der Waals surface area contributed by atoms with Crippen molar-refractivity contribution in [3.05, 3.63) is 17.0 Å². The first kappa shape index (κ1) is 14.5. The number of aromatic amines is 1. The van der Waals surface area contributed by atoms with Gasteiger partial charge in [0.05, 0.1) is 24.9 Å². The zero-order valence-electron chi connectivity index (χ0n) is 12.3. The summed E-state index contributed by atoms with van der Waals surface area (Å²) in [5.41, 5.74) is 3.48. The Morgan fingerprint density at radius 1 is 1.38 bits per heavy atom. The first-order chi connectivity index (χ1) is 10.3. The summed E-state index contributed by atoms with van der Waals surface area (Å²) in [5.74, 6) is -0.0967.